The molecule has 0 spiro atoms. The fourth-order valence-corrected chi connectivity index (χ4v) is 5.09. The number of carbonyl (C=O) groups excluding carboxylic acids is 2. The number of thiophene rings is 1. The van der Waals surface area contributed by atoms with Crippen LogP contribution < -0.4 is 0 Å². The van der Waals surface area contributed by atoms with Crippen molar-refractivity contribution in [3.8, 4) is 0 Å². The summed E-state index contributed by atoms with van der Waals surface area (Å²) < 4.78 is 0.933. The summed E-state index contributed by atoms with van der Waals surface area (Å²) in [7, 11) is 0. The van der Waals surface area contributed by atoms with Crippen molar-refractivity contribution in [2.45, 2.75) is 91.9 Å². The molecule has 5 heteroatoms. The van der Waals surface area contributed by atoms with Gasteiger partial charge in [-0.1, -0.05) is 66.2 Å². The largest absolute Gasteiger partial charge is 0.342 e. The number of hydrogen-bond acceptors (Lipinski definition) is 3. The van der Waals surface area contributed by atoms with Gasteiger partial charge in [0.25, 0.3) is 0 Å². The number of unbranched alkanes of at least 4 members (excludes halogenated alkanes) is 2. The predicted molar refractivity (Wildman–Crippen MR) is 129 cm³/mol. The van der Waals surface area contributed by atoms with E-state index in [9.17, 15) is 9.59 Å². The zero-order chi connectivity index (χ0) is 21.6. The zero-order valence-electron chi connectivity index (χ0n) is 18.8. The molecule has 1 heterocycles. The number of nitrogens with zero attached hydrogens (tertiary/aromatic N) is 1. The molecule has 0 aromatic carbocycles. The summed E-state index contributed by atoms with van der Waals surface area (Å²) in [4.78, 5) is 28.4. The molecule has 3 nitrogen and oxygen atoms in total. The average molecular weight is 487 g/mol. The van der Waals surface area contributed by atoms with Crippen molar-refractivity contribution >= 4 is 39.0 Å². The van der Waals surface area contributed by atoms with Crippen molar-refractivity contribution in [3.63, 3.8) is 0 Å². The highest BCUT2D eigenvalue weighted by Crippen LogP contribution is 2.23. The summed E-state index contributed by atoms with van der Waals surface area (Å²) in [5.41, 5.74) is 0. The number of carbonyl (C=O) groups is 2. The fourth-order valence-electron chi connectivity index (χ4n) is 3.70. The molecule has 29 heavy (non-hydrogen) atoms. The van der Waals surface area contributed by atoms with E-state index in [0.29, 0.717) is 24.7 Å². The third-order valence-corrected chi connectivity index (χ3v) is 7.54. The number of Topliss-reactive ketones (excluding diaryl/α,β-unsaturated/α-hetero) is 1. The van der Waals surface area contributed by atoms with Crippen LogP contribution in [0.2, 0.25) is 0 Å². The van der Waals surface area contributed by atoms with Gasteiger partial charge in [0.2, 0.25) is 5.91 Å². The van der Waals surface area contributed by atoms with Crippen molar-refractivity contribution in [2.24, 2.45) is 11.8 Å². The van der Waals surface area contributed by atoms with Gasteiger partial charge in [0, 0.05) is 35.8 Å². The third-order valence-electron chi connectivity index (χ3n) is 5.80. The van der Waals surface area contributed by atoms with Crippen LogP contribution in [0.5, 0.6) is 0 Å². The van der Waals surface area contributed by atoms with Crippen LogP contribution in [0.25, 0.3) is 0 Å². The third kappa shape index (κ3) is 10.3. The maximum atomic E-state index is 13.1. The minimum absolute atomic E-state index is 0.0741. The van der Waals surface area contributed by atoms with Crippen molar-refractivity contribution in [3.05, 3.63) is 20.8 Å². The second-order valence-electron chi connectivity index (χ2n) is 8.18. The van der Waals surface area contributed by atoms with Gasteiger partial charge in [0.1, 0.15) is 0 Å². The molecule has 1 amide bonds. The van der Waals surface area contributed by atoms with Crippen molar-refractivity contribution in [1.82, 2.24) is 4.90 Å². The maximum Gasteiger partial charge on any atom is 0.223 e. The Bertz CT molecular complexity index is 583. The molecule has 0 aliphatic carbocycles. The van der Waals surface area contributed by atoms with Gasteiger partial charge in [-0.05, 0) is 46.7 Å². The Balaban J connectivity index is 2.75. The minimum atomic E-state index is 0.0741. The second kappa shape index (κ2) is 15.2. The van der Waals surface area contributed by atoms with E-state index < -0.39 is 0 Å². The summed E-state index contributed by atoms with van der Waals surface area (Å²) in [6, 6.07) is 1.85. The van der Waals surface area contributed by atoms with Gasteiger partial charge in [-0.25, -0.2) is 0 Å². The lowest BCUT2D eigenvalue weighted by molar-refractivity contribution is -0.132. The van der Waals surface area contributed by atoms with Crippen molar-refractivity contribution < 1.29 is 9.59 Å². The van der Waals surface area contributed by atoms with E-state index in [1.54, 1.807) is 0 Å². The van der Waals surface area contributed by atoms with Crippen LogP contribution in [0, 0.1) is 11.8 Å². The molecule has 0 fully saturated rings. The Hall–Kier alpha value is -0.680. The summed E-state index contributed by atoms with van der Waals surface area (Å²) in [6.07, 6.45) is 10.1. The minimum Gasteiger partial charge on any atom is -0.342 e. The molecule has 2 unspecified atom stereocenters. The SMILES string of the molecule is CCCCC(CC)CN(CC(CC)CCCC)C(=O)CCC(=O)c1cc(Br)cs1. The van der Waals surface area contributed by atoms with Crippen LogP contribution in [0.3, 0.4) is 0 Å². The van der Waals surface area contributed by atoms with Crippen LogP contribution in [-0.4, -0.2) is 29.7 Å². The summed E-state index contributed by atoms with van der Waals surface area (Å²) in [6.45, 7) is 10.6. The second-order valence-corrected chi connectivity index (χ2v) is 10.0. The van der Waals surface area contributed by atoms with Crippen molar-refractivity contribution in [1.29, 1.82) is 0 Å². The van der Waals surface area contributed by atoms with E-state index in [1.807, 2.05) is 11.4 Å². The van der Waals surface area contributed by atoms with Crippen LogP contribution in [0.15, 0.2) is 15.9 Å². The number of ketones is 1. The molecule has 0 saturated carbocycles. The van der Waals surface area contributed by atoms with E-state index in [1.165, 1.54) is 49.9 Å². The quantitative estimate of drug-likeness (QED) is 0.224. The van der Waals surface area contributed by atoms with Crippen LogP contribution in [-0.2, 0) is 4.79 Å². The topological polar surface area (TPSA) is 37.4 Å². The molecular formula is C24H40BrNO2S. The Kier molecular flexibility index (Phi) is 13.8. The molecule has 0 aliphatic heterocycles. The van der Waals surface area contributed by atoms with E-state index in [4.69, 9.17) is 0 Å². The zero-order valence-corrected chi connectivity index (χ0v) is 21.2. The first-order valence-electron chi connectivity index (χ1n) is 11.5. The lowest BCUT2D eigenvalue weighted by Gasteiger charge is -2.31. The van der Waals surface area contributed by atoms with Gasteiger partial charge in [-0.15, -0.1) is 11.3 Å². The number of rotatable bonds is 16. The molecule has 1 aromatic heterocycles. The van der Waals surface area contributed by atoms with Gasteiger partial charge in [0.05, 0.1) is 4.88 Å². The molecule has 2 atom stereocenters. The van der Waals surface area contributed by atoms with E-state index in [2.05, 4.69) is 48.5 Å². The molecule has 0 N–H and O–H groups in total. The summed E-state index contributed by atoms with van der Waals surface area (Å²) >= 11 is 4.84. The highest BCUT2D eigenvalue weighted by molar-refractivity contribution is 9.10. The monoisotopic (exact) mass is 485 g/mol. The van der Waals surface area contributed by atoms with Gasteiger partial charge in [-0.2, -0.15) is 0 Å². The first kappa shape index (κ1) is 26.4. The van der Waals surface area contributed by atoms with Gasteiger partial charge >= 0.3 is 0 Å². The molecule has 0 saturated heterocycles. The molecule has 1 aromatic rings. The molecule has 0 aliphatic rings. The normalized spacial score (nSPS) is 13.3. The predicted octanol–water partition coefficient (Wildman–Crippen LogP) is 7.73. The molecule has 0 bridgehead atoms. The van der Waals surface area contributed by atoms with E-state index in [0.717, 1.165) is 35.3 Å². The molecule has 166 valence electrons. The first-order chi connectivity index (χ1) is 13.9. The fraction of sp³-hybridized carbons (Fsp3) is 0.750. The summed E-state index contributed by atoms with van der Waals surface area (Å²) in [5.74, 6) is 1.35. The number of halogens is 1. The Labute approximate surface area is 190 Å². The van der Waals surface area contributed by atoms with Crippen molar-refractivity contribution in [2.75, 3.05) is 13.1 Å². The van der Waals surface area contributed by atoms with Crippen LogP contribution in [0.4, 0.5) is 0 Å². The van der Waals surface area contributed by atoms with E-state index >= 15 is 0 Å². The maximum absolute atomic E-state index is 13.1. The van der Waals surface area contributed by atoms with Crippen LogP contribution in [0.1, 0.15) is 102 Å². The Morgan fingerprint density at radius 2 is 1.52 bits per heavy atom. The number of hydrogen-bond donors (Lipinski definition) is 0. The molecular weight excluding hydrogens is 446 g/mol. The van der Waals surface area contributed by atoms with Gasteiger partial charge in [0.15, 0.2) is 5.78 Å². The standard InChI is InChI=1S/C24H40BrNO2S/c1-5-9-11-19(7-3)16-26(17-20(8-4)12-10-6-2)24(28)14-13-22(27)23-15-21(25)18-29-23/h15,18-20H,5-14,16-17H2,1-4H3. The first-order valence-corrected chi connectivity index (χ1v) is 13.2. The summed E-state index contributed by atoms with van der Waals surface area (Å²) in [5, 5.41) is 1.92. The van der Waals surface area contributed by atoms with Gasteiger partial charge < -0.3 is 4.90 Å². The molecule has 1 rings (SSSR count). The van der Waals surface area contributed by atoms with E-state index in [-0.39, 0.29) is 11.7 Å². The average Bonchev–Trinajstić information content (AvgIpc) is 3.17. The number of amides is 1. The molecule has 0 radical (unpaired) electrons. The lowest BCUT2D eigenvalue weighted by atomic mass is 9.95. The Morgan fingerprint density at radius 3 is 1.93 bits per heavy atom. The smallest absolute Gasteiger partial charge is 0.223 e. The highest BCUT2D eigenvalue weighted by atomic mass is 79.9. The van der Waals surface area contributed by atoms with Gasteiger partial charge in [-0.3, -0.25) is 9.59 Å². The lowest BCUT2D eigenvalue weighted by Crippen LogP contribution is -2.39. The van der Waals surface area contributed by atoms with Crippen LogP contribution >= 0.6 is 27.3 Å². The highest BCUT2D eigenvalue weighted by Gasteiger charge is 2.22. The Morgan fingerprint density at radius 1 is 0.966 bits per heavy atom.